The van der Waals surface area contributed by atoms with Crippen molar-refractivity contribution in [3.63, 3.8) is 0 Å². The quantitative estimate of drug-likeness (QED) is 0.656. The molecule has 0 unspecified atom stereocenters. The number of nitrogens with two attached hydrogens (primary N) is 1. The molecule has 7 heteroatoms. The van der Waals surface area contributed by atoms with Crippen molar-refractivity contribution in [3.8, 4) is 22.5 Å². The summed E-state index contributed by atoms with van der Waals surface area (Å²) < 4.78 is 6.39. The predicted molar refractivity (Wildman–Crippen MR) is 84.7 cm³/mol. The Bertz CT molecular complexity index is 782. The predicted octanol–water partition coefficient (Wildman–Crippen LogP) is 5.61. The van der Waals surface area contributed by atoms with Gasteiger partial charge in [0.05, 0.1) is 15.5 Å². The Morgan fingerprint density at radius 1 is 1.10 bits per heavy atom. The Labute approximate surface area is 133 Å². The summed E-state index contributed by atoms with van der Waals surface area (Å²) in [7, 11) is 0. The second-order valence-electron chi connectivity index (χ2n) is 3.99. The normalized spacial score (nSPS) is 10.9. The molecule has 0 aliphatic heterocycles. The van der Waals surface area contributed by atoms with Crippen LogP contribution in [0.25, 0.3) is 22.5 Å². The van der Waals surface area contributed by atoms with E-state index >= 15 is 0 Å². The van der Waals surface area contributed by atoms with Crippen LogP contribution in [0.1, 0.15) is 0 Å². The van der Waals surface area contributed by atoms with Gasteiger partial charge in [0.1, 0.15) is 4.34 Å². The topological polar surface area (TPSA) is 52.0 Å². The highest BCUT2D eigenvalue weighted by atomic mass is 35.5. The Kier molecular flexibility index (Phi) is 3.65. The molecule has 3 nitrogen and oxygen atoms in total. The van der Waals surface area contributed by atoms with Crippen LogP contribution in [0, 0.1) is 0 Å². The summed E-state index contributed by atoms with van der Waals surface area (Å²) in [5.41, 5.74) is 7.91. The number of benzene rings is 1. The average Bonchev–Trinajstić information content (AvgIpc) is 2.93. The molecule has 3 aromatic rings. The molecule has 3 rings (SSSR count). The molecule has 102 valence electrons. The fourth-order valence-corrected chi connectivity index (χ4v) is 3.59. The van der Waals surface area contributed by atoms with Crippen molar-refractivity contribution >= 4 is 52.0 Å². The van der Waals surface area contributed by atoms with Crippen molar-refractivity contribution in [1.29, 1.82) is 0 Å². The summed E-state index contributed by atoms with van der Waals surface area (Å²) in [6.07, 6.45) is 0. The lowest BCUT2D eigenvalue weighted by molar-refractivity contribution is 0.436. The van der Waals surface area contributed by atoms with Gasteiger partial charge in [0.15, 0.2) is 11.6 Å². The number of nitrogen functional groups attached to an aromatic ring is 1. The molecule has 0 aliphatic carbocycles. The minimum Gasteiger partial charge on any atom is -0.380 e. The minimum absolute atomic E-state index is 0.256. The first kappa shape index (κ1) is 13.8. The number of anilines is 1. The van der Waals surface area contributed by atoms with E-state index in [1.54, 1.807) is 12.1 Å². The monoisotopic (exact) mass is 344 g/mol. The molecule has 0 saturated heterocycles. The molecule has 0 spiro atoms. The van der Waals surface area contributed by atoms with E-state index in [0.29, 0.717) is 30.6 Å². The van der Waals surface area contributed by atoms with Gasteiger partial charge in [-0.1, -0.05) is 58.2 Å². The molecule has 0 aliphatic rings. The van der Waals surface area contributed by atoms with Crippen molar-refractivity contribution in [2.45, 2.75) is 0 Å². The van der Waals surface area contributed by atoms with Crippen molar-refractivity contribution in [2.75, 3.05) is 5.73 Å². The lowest BCUT2D eigenvalue weighted by atomic mass is 10.0. The largest absolute Gasteiger partial charge is 0.380 e. The number of hydrogen-bond donors (Lipinski definition) is 1. The third-order valence-electron chi connectivity index (χ3n) is 2.76. The SMILES string of the molecule is Nc1noc(-c2cc(Cl)sc2Cl)c1-c1ccccc1Cl. The first-order chi connectivity index (χ1) is 9.58. The van der Waals surface area contributed by atoms with Crippen LogP contribution >= 0.6 is 46.1 Å². The molecule has 0 amide bonds. The number of nitrogens with zero attached hydrogens (tertiary/aromatic N) is 1. The molecule has 0 bridgehead atoms. The van der Waals surface area contributed by atoms with Gasteiger partial charge >= 0.3 is 0 Å². The van der Waals surface area contributed by atoms with E-state index in [-0.39, 0.29) is 5.82 Å². The van der Waals surface area contributed by atoms with Crippen LogP contribution < -0.4 is 5.73 Å². The minimum atomic E-state index is 0.256. The average molecular weight is 346 g/mol. The first-order valence-electron chi connectivity index (χ1n) is 5.53. The molecule has 0 atom stereocenters. The van der Waals surface area contributed by atoms with Crippen molar-refractivity contribution in [2.24, 2.45) is 0 Å². The van der Waals surface area contributed by atoms with Crippen molar-refractivity contribution < 1.29 is 4.52 Å². The van der Waals surface area contributed by atoms with Crippen molar-refractivity contribution in [3.05, 3.63) is 44.0 Å². The molecular formula is C13H7Cl3N2OS. The van der Waals surface area contributed by atoms with Crippen LogP contribution in [0.5, 0.6) is 0 Å². The van der Waals surface area contributed by atoms with Gasteiger partial charge < -0.3 is 10.3 Å². The van der Waals surface area contributed by atoms with E-state index in [1.165, 1.54) is 11.3 Å². The van der Waals surface area contributed by atoms with Gasteiger partial charge in [-0.3, -0.25) is 0 Å². The lowest BCUT2D eigenvalue weighted by Crippen LogP contribution is -1.89. The molecular weight excluding hydrogens is 339 g/mol. The number of thiophene rings is 1. The molecule has 1 aromatic carbocycles. The van der Waals surface area contributed by atoms with Crippen LogP contribution in [0.3, 0.4) is 0 Å². The molecule has 2 heterocycles. The van der Waals surface area contributed by atoms with E-state index in [0.717, 1.165) is 5.56 Å². The maximum Gasteiger partial charge on any atom is 0.179 e. The second kappa shape index (κ2) is 5.30. The first-order valence-corrected chi connectivity index (χ1v) is 7.48. The van der Waals surface area contributed by atoms with Gasteiger partial charge in [0, 0.05) is 10.6 Å². The van der Waals surface area contributed by atoms with E-state index in [2.05, 4.69) is 5.16 Å². The molecule has 2 N–H and O–H groups in total. The highest BCUT2D eigenvalue weighted by Gasteiger charge is 2.22. The van der Waals surface area contributed by atoms with Gasteiger partial charge in [-0.2, -0.15) is 0 Å². The standard InChI is InChI=1S/C13H7Cl3N2OS/c14-8-4-2-1-3-6(8)10-11(19-18-13(10)17)7-5-9(15)20-12(7)16/h1-5H,(H2,17,18). The highest BCUT2D eigenvalue weighted by molar-refractivity contribution is 7.20. The van der Waals surface area contributed by atoms with Crippen LogP contribution in [-0.4, -0.2) is 5.16 Å². The summed E-state index contributed by atoms with van der Waals surface area (Å²) in [6, 6.07) is 9.03. The fourth-order valence-electron chi connectivity index (χ4n) is 1.91. The Morgan fingerprint density at radius 3 is 2.50 bits per heavy atom. The lowest BCUT2D eigenvalue weighted by Gasteiger charge is -2.04. The third-order valence-corrected chi connectivity index (χ3v) is 4.58. The number of hydrogen-bond acceptors (Lipinski definition) is 4. The summed E-state index contributed by atoms with van der Waals surface area (Å²) in [4.78, 5) is 0. The van der Waals surface area contributed by atoms with Gasteiger partial charge in [-0.25, -0.2) is 0 Å². The van der Waals surface area contributed by atoms with Gasteiger partial charge in [0.25, 0.3) is 0 Å². The number of aromatic nitrogens is 1. The third kappa shape index (κ3) is 2.29. The Hall–Kier alpha value is -1.20. The Balaban J connectivity index is 2.26. The van der Waals surface area contributed by atoms with Gasteiger partial charge in [0.2, 0.25) is 0 Å². The molecule has 0 saturated carbocycles. The maximum atomic E-state index is 6.21. The Morgan fingerprint density at radius 2 is 1.85 bits per heavy atom. The van der Waals surface area contributed by atoms with E-state index < -0.39 is 0 Å². The van der Waals surface area contributed by atoms with Gasteiger partial charge in [-0.05, 0) is 12.1 Å². The maximum absolute atomic E-state index is 6.21. The van der Waals surface area contributed by atoms with Gasteiger partial charge in [-0.15, -0.1) is 11.3 Å². The smallest absolute Gasteiger partial charge is 0.179 e. The molecule has 0 fully saturated rings. The van der Waals surface area contributed by atoms with Crippen molar-refractivity contribution in [1.82, 2.24) is 5.16 Å². The fraction of sp³-hybridized carbons (Fsp3) is 0. The summed E-state index contributed by atoms with van der Waals surface area (Å²) in [5.74, 6) is 0.718. The zero-order chi connectivity index (χ0) is 14.3. The zero-order valence-corrected chi connectivity index (χ0v) is 12.9. The van der Waals surface area contributed by atoms with Crippen LogP contribution in [0.15, 0.2) is 34.9 Å². The number of rotatable bonds is 2. The molecule has 0 radical (unpaired) electrons. The number of halogens is 3. The van der Waals surface area contributed by atoms with Crippen LogP contribution in [-0.2, 0) is 0 Å². The van der Waals surface area contributed by atoms with E-state index in [9.17, 15) is 0 Å². The zero-order valence-electron chi connectivity index (χ0n) is 9.86. The second-order valence-corrected chi connectivity index (χ2v) is 6.68. The van der Waals surface area contributed by atoms with Crippen LogP contribution in [0.4, 0.5) is 5.82 Å². The summed E-state index contributed by atoms with van der Waals surface area (Å²) in [5, 5.41) is 4.36. The summed E-state index contributed by atoms with van der Waals surface area (Å²) in [6.45, 7) is 0. The summed E-state index contributed by atoms with van der Waals surface area (Å²) >= 11 is 19.6. The molecule has 20 heavy (non-hydrogen) atoms. The molecule has 2 aromatic heterocycles. The van der Waals surface area contributed by atoms with E-state index in [4.69, 9.17) is 45.1 Å². The highest BCUT2D eigenvalue weighted by Crippen LogP contribution is 2.45. The van der Waals surface area contributed by atoms with Crippen LogP contribution in [0.2, 0.25) is 13.7 Å². The van der Waals surface area contributed by atoms with E-state index in [1.807, 2.05) is 18.2 Å².